The van der Waals surface area contributed by atoms with Gasteiger partial charge in [0.1, 0.15) is 0 Å². The Labute approximate surface area is 102 Å². The molecule has 2 N–H and O–H groups in total. The van der Waals surface area contributed by atoms with Crippen molar-refractivity contribution in [3.8, 4) is 12.3 Å². The van der Waals surface area contributed by atoms with Crippen molar-refractivity contribution in [3.05, 3.63) is 36.0 Å². The van der Waals surface area contributed by atoms with Crippen molar-refractivity contribution in [1.29, 1.82) is 0 Å². The van der Waals surface area contributed by atoms with Gasteiger partial charge in [-0.1, -0.05) is 24.1 Å². The van der Waals surface area contributed by atoms with E-state index in [1.54, 1.807) is 0 Å². The fourth-order valence-electron chi connectivity index (χ4n) is 2.21. The minimum atomic E-state index is 0.636. The standard InChI is InChI=1S/C15H18N2/c1-2-11-17-12-13(7-5-6-10-16)14-8-3-4-9-15(14)17/h1,3-4,8-9,12H,5-7,10-11,16H2. The van der Waals surface area contributed by atoms with Gasteiger partial charge in [0.15, 0.2) is 0 Å². The molecule has 1 aromatic carbocycles. The van der Waals surface area contributed by atoms with Crippen LogP contribution < -0.4 is 5.73 Å². The Kier molecular flexibility index (Phi) is 3.85. The van der Waals surface area contributed by atoms with E-state index < -0.39 is 0 Å². The molecule has 0 amide bonds. The lowest BCUT2D eigenvalue weighted by Crippen LogP contribution is -1.98. The molecule has 2 nitrogen and oxygen atoms in total. The largest absolute Gasteiger partial charge is 0.336 e. The van der Waals surface area contributed by atoms with Crippen LogP contribution in [0.15, 0.2) is 30.5 Å². The Balaban J connectivity index is 2.32. The molecule has 1 aromatic heterocycles. The molecule has 0 aliphatic rings. The van der Waals surface area contributed by atoms with Gasteiger partial charge in [-0.05, 0) is 37.4 Å². The summed E-state index contributed by atoms with van der Waals surface area (Å²) in [7, 11) is 0. The Morgan fingerprint density at radius 3 is 2.82 bits per heavy atom. The molecule has 17 heavy (non-hydrogen) atoms. The molecule has 0 fully saturated rings. The van der Waals surface area contributed by atoms with Gasteiger partial charge in [-0.2, -0.15) is 0 Å². The van der Waals surface area contributed by atoms with Crippen molar-refractivity contribution in [2.75, 3.05) is 6.54 Å². The van der Waals surface area contributed by atoms with Gasteiger partial charge in [-0.15, -0.1) is 6.42 Å². The number of nitrogens with zero attached hydrogens (tertiary/aromatic N) is 1. The first-order valence-corrected chi connectivity index (χ1v) is 6.07. The molecular weight excluding hydrogens is 208 g/mol. The van der Waals surface area contributed by atoms with Gasteiger partial charge in [0.05, 0.1) is 6.54 Å². The summed E-state index contributed by atoms with van der Waals surface area (Å²) in [6.45, 7) is 1.40. The molecule has 0 aliphatic heterocycles. The maximum atomic E-state index is 5.53. The summed E-state index contributed by atoms with van der Waals surface area (Å²) < 4.78 is 2.15. The maximum absolute atomic E-state index is 5.53. The summed E-state index contributed by atoms with van der Waals surface area (Å²) >= 11 is 0. The number of hydrogen-bond acceptors (Lipinski definition) is 1. The summed E-state index contributed by atoms with van der Waals surface area (Å²) in [5, 5.41) is 1.32. The fraction of sp³-hybridized carbons (Fsp3) is 0.333. The number of hydrogen-bond donors (Lipinski definition) is 1. The molecule has 0 atom stereocenters. The number of aromatic nitrogens is 1. The van der Waals surface area contributed by atoms with E-state index in [4.69, 9.17) is 12.2 Å². The summed E-state index contributed by atoms with van der Waals surface area (Å²) in [5.41, 5.74) is 8.14. The van der Waals surface area contributed by atoms with Crippen LogP contribution >= 0.6 is 0 Å². The number of fused-ring (bicyclic) bond motifs is 1. The smallest absolute Gasteiger partial charge is 0.0835 e. The van der Waals surface area contributed by atoms with Crippen molar-refractivity contribution in [3.63, 3.8) is 0 Å². The highest BCUT2D eigenvalue weighted by molar-refractivity contribution is 5.84. The number of unbranched alkanes of at least 4 members (excludes halogenated alkanes) is 1. The quantitative estimate of drug-likeness (QED) is 0.616. The molecule has 0 saturated carbocycles. The summed E-state index contributed by atoms with van der Waals surface area (Å²) in [6.07, 6.45) is 10.9. The first-order chi connectivity index (χ1) is 8.36. The number of aryl methyl sites for hydroxylation is 1. The Morgan fingerprint density at radius 1 is 1.24 bits per heavy atom. The predicted octanol–water partition coefficient (Wildman–Crippen LogP) is 2.56. The third kappa shape index (κ3) is 2.51. The van der Waals surface area contributed by atoms with E-state index >= 15 is 0 Å². The first-order valence-electron chi connectivity index (χ1n) is 6.07. The zero-order valence-corrected chi connectivity index (χ0v) is 10.0. The molecule has 0 unspecified atom stereocenters. The maximum Gasteiger partial charge on any atom is 0.0835 e. The molecular formula is C15H18N2. The summed E-state index contributed by atoms with van der Waals surface area (Å²) in [6, 6.07) is 8.42. The van der Waals surface area contributed by atoms with Crippen LogP contribution in [0.5, 0.6) is 0 Å². The van der Waals surface area contributed by atoms with E-state index in [1.165, 1.54) is 16.5 Å². The highest BCUT2D eigenvalue weighted by Gasteiger charge is 2.06. The molecule has 0 radical (unpaired) electrons. The third-order valence-corrected chi connectivity index (χ3v) is 3.03. The summed E-state index contributed by atoms with van der Waals surface area (Å²) in [4.78, 5) is 0. The van der Waals surface area contributed by atoms with Crippen molar-refractivity contribution < 1.29 is 0 Å². The average Bonchev–Trinajstić information content (AvgIpc) is 2.70. The van der Waals surface area contributed by atoms with Crippen LogP contribution in [0.2, 0.25) is 0 Å². The predicted molar refractivity (Wildman–Crippen MR) is 72.8 cm³/mol. The van der Waals surface area contributed by atoms with E-state index in [1.807, 2.05) is 0 Å². The normalized spacial score (nSPS) is 10.6. The first kappa shape index (κ1) is 11.8. The topological polar surface area (TPSA) is 30.9 Å². The second-order valence-corrected chi connectivity index (χ2v) is 4.25. The van der Waals surface area contributed by atoms with Gasteiger partial charge in [0.2, 0.25) is 0 Å². The van der Waals surface area contributed by atoms with Crippen LogP contribution in [0.4, 0.5) is 0 Å². The number of para-hydroxylation sites is 1. The van der Waals surface area contributed by atoms with Crippen LogP contribution in [-0.4, -0.2) is 11.1 Å². The number of rotatable bonds is 5. The monoisotopic (exact) mass is 226 g/mol. The molecule has 2 aromatic rings. The van der Waals surface area contributed by atoms with Crippen molar-refractivity contribution >= 4 is 10.9 Å². The van der Waals surface area contributed by atoms with Crippen molar-refractivity contribution in [2.45, 2.75) is 25.8 Å². The van der Waals surface area contributed by atoms with Gasteiger partial charge in [0, 0.05) is 17.1 Å². The number of nitrogens with two attached hydrogens (primary N) is 1. The van der Waals surface area contributed by atoms with E-state index in [0.29, 0.717) is 6.54 Å². The van der Waals surface area contributed by atoms with Crippen LogP contribution in [0.25, 0.3) is 10.9 Å². The lowest BCUT2D eigenvalue weighted by molar-refractivity contribution is 0.743. The lowest BCUT2D eigenvalue weighted by atomic mass is 10.1. The van der Waals surface area contributed by atoms with Gasteiger partial charge in [-0.25, -0.2) is 0 Å². The Hall–Kier alpha value is -1.72. The van der Waals surface area contributed by atoms with E-state index in [-0.39, 0.29) is 0 Å². The van der Waals surface area contributed by atoms with E-state index in [0.717, 1.165) is 25.8 Å². The minimum Gasteiger partial charge on any atom is -0.336 e. The molecule has 0 spiro atoms. The Morgan fingerprint density at radius 2 is 2.06 bits per heavy atom. The number of terminal acetylenes is 1. The molecule has 2 rings (SSSR count). The van der Waals surface area contributed by atoms with E-state index in [9.17, 15) is 0 Å². The van der Waals surface area contributed by atoms with Gasteiger partial charge >= 0.3 is 0 Å². The highest BCUT2D eigenvalue weighted by Crippen LogP contribution is 2.22. The SMILES string of the molecule is C#CCn1cc(CCCCN)c2ccccc21. The van der Waals surface area contributed by atoms with E-state index in [2.05, 4.69) is 40.9 Å². The van der Waals surface area contributed by atoms with Crippen LogP contribution in [0, 0.1) is 12.3 Å². The fourth-order valence-corrected chi connectivity index (χ4v) is 2.21. The lowest BCUT2D eigenvalue weighted by Gasteiger charge is -1.98. The van der Waals surface area contributed by atoms with Crippen LogP contribution in [0.1, 0.15) is 18.4 Å². The van der Waals surface area contributed by atoms with Crippen molar-refractivity contribution in [1.82, 2.24) is 4.57 Å². The molecule has 1 heterocycles. The summed E-state index contributed by atoms with van der Waals surface area (Å²) in [5.74, 6) is 2.70. The minimum absolute atomic E-state index is 0.636. The van der Waals surface area contributed by atoms with Crippen LogP contribution in [-0.2, 0) is 13.0 Å². The molecule has 2 heteroatoms. The molecule has 88 valence electrons. The zero-order valence-electron chi connectivity index (χ0n) is 10.0. The molecule has 0 saturated heterocycles. The van der Waals surface area contributed by atoms with Gasteiger partial charge in [-0.3, -0.25) is 0 Å². The average molecular weight is 226 g/mol. The zero-order chi connectivity index (χ0) is 12.1. The third-order valence-electron chi connectivity index (χ3n) is 3.03. The van der Waals surface area contributed by atoms with Crippen molar-refractivity contribution in [2.24, 2.45) is 5.73 Å². The van der Waals surface area contributed by atoms with Crippen LogP contribution in [0.3, 0.4) is 0 Å². The highest BCUT2D eigenvalue weighted by atomic mass is 14.9. The Bertz CT molecular complexity index is 531. The second kappa shape index (κ2) is 5.56. The molecule has 0 bridgehead atoms. The molecule has 0 aliphatic carbocycles. The van der Waals surface area contributed by atoms with Gasteiger partial charge in [0.25, 0.3) is 0 Å². The van der Waals surface area contributed by atoms with Gasteiger partial charge < -0.3 is 10.3 Å². The second-order valence-electron chi connectivity index (χ2n) is 4.25. The number of benzene rings is 1.